The molecule has 0 saturated carbocycles. The molecule has 1 aromatic carbocycles. The predicted molar refractivity (Wildman–Crippen MR) is 110 cm³/mol. The van der Waals surface area contributed by atoms with E-state index in [-0.39, 0.29) is 11.8 Å². The molecule has 0 spiro atoms. The third kappa shape index (κ3) is 3.40. The highest BCUT2D eigenvalue weighted by Crippen LogP contribution is 2.28. The van der Waals surface area contributed by atoms with Crippen LogP contribution in [0.5, 0.6) is 0 Å². The second-order valence-electron chi connectivity index (χ2n) is 7.48. The number of piperidine rings is 1. The van der Waals surface area contributed by atoms with E-state index in [0.717, 1.165) is 48.2 Å². The summed E-state index contributed by atoms with van der Waals surface area (Å²) in [4.78, 5) is 23.9. The van der Waals surface area contributed by atoms with Gasteiger partial charge in [-0.25, -0.2) is 4.98 Å². The molecule has 0 unspecified atom stereocenters. The molecule has 7 heteroatoms. The SMILES string of the molecule is O=C(c1n[nH]c2ccccc12)N1CCC[C@H](c2nccn2Cc2cccnc2)C1. The molecule has 1 aliphatic rings. The highest BCUT2D eigenvalue weighted by atomic mass is 16.2. The van der Waals surface area contributed by atoms with Crippen molar-refractivity contribution < 1.29 is 4.79 Å². The van der Waals surface area contributed by atoms with Crippen molar-refractivity contribution in [2.24, 2.45) is 0 Å². The average Bonchev–Trinajstić information content (AvgIpc) is 3.41. The Balaban J connectivity index is 1.36. The number of H-pyrrole nitrogens is 1. The third-order valence-electron chi connectivity index (χ3n) is 5.57. The Bertz CT molecular complexity index is 1130. The second kappa shape index (κ2) is 7.50. The van der Waals surface area contributed by atoms with Gasteiger partial charge in [0, 0.05) is 49.2 Å². The van der Waals surface area contributed by atoms with E-state index in [1.54, 1.807) is 6.20 Å². The van der Waals surface area contributed by atoms with Crippen LogP contribution in [0.3, 0.4) is 0 Å². The van der Waals surface area contributed by atoms with Crippen LogP contribution >= 0.6 is 0 Å². The van der Waals surface area contributed by atoms with Gasteiger partial charge in [0.05, 0.1) is 12.1 Å². The Morgan fingerprint density at radius 3 is 3.00 bits per heavy atom. The Hall–Kier alpha value is -3.48. The van der Waals surface area contributed by atoms with Gasteiger partial charge in [0.2, 0.25) is 0 Å². The van der Waals surface area contributed by atoms with Crippen molar-refractivity contribution in [1.82, 2.24) is 29.6 Å². The maximum absolute atomic E-state index is 13.2. The Kier molecular flexibility index (Phi) is 4.56. The van der Waals surface area contributed by atoms with Gasteiger partial charge in [-0.1, -0.05) is 24.3 Å². The second-order valence-corrected chi connectivity index (χ2v) is 7.48. The van der Waals surface area contributed by atoms with E-state index >= 15 is 0 Å². The number of amides is 1. The van der Waals surface area contributed by atoms with E-state index in [1.165, 1.54) is 0 Å². The molecule has 1 aliphatic heterocycles. The minimum absolute atomic E-state index is 0.0162. The summed E-state index contributed by atoms with van der Waals surface area (Å²) < 4.78 is 2.17. The minimum atomic E-state index is -0.0162. The molecule has 1 amide bonds. The number of aromatic amines is 1. The van der Waals surface area contributed by atoms with Gasteiger partial charge in [0.1, 0.15) is 5.82 Å². The smallest absolute Gasteiger partial charge is 0.275 e. The zero-order valence-electron chi connectivity index (χ0n) is 16.0. The first-order chi connectivity index (χ1) is 14.3. The number of hydrogen-bond donors (Lipinski definition) is 1. The zero-order chi connectivity index (χ0) is 19.6. The van der Waals surface area contributed by atoms with Crippen LogP contribution in [0.15, 0.2) is 61.2 Å². The Morgan fingerprint density at radius 1 is 1.17 bits per heavy atom. The standard InChI is InChI=1S/C22H22N6O/c29-22(20-18-7-1-2-8-19(18)25-26-20)28-11-4-6-17(15-28)21-24-10-12-27(21)14-16-5-3-9-23-13-16/h1-3,5,7-10,12-13,17H,4,6,11,14-15H2,(H,25,26)/t17-/m0/s1. The molecular weight excluding hydrogens is 364 g/mol. The summed E-state index contributed by atoms with van der Waals surface area (Å²) in [6, 6.07) is 11.8. The molecule has 0 radical (unpaired) electrons. The van der Waals surface area contributed by atoms with Gasteiger partial charge in [-0.05, 0) is 30.5 Å². The zero-order valence-corrected chi connectivity index (χ0v) is 16.0. The molecule has 0 aliphatic carbocycles. The van der Waals surface area contributed by atoms with Gasteiger partial charge in [-0.3, -0.25) is 14.9 Å². The van der Waals surface area contributed by atoms with E-state index in [1.807, 2.05) is 53.8 Å². The molecule has 1 saturated heterocycles. The fourth-order valence-corrected chi connectivity index (χ4v) is 4.15. The van der Waals surface area contributed by atoms with Crippen LogP contribution in [0.2, 0.25) is 0 Å². The summed E-state index contributed by atoms with van der Waals surface area (Å²) in [7, 11) is 0. The average molecular weight is 386 g/mol. The summed E-state index contributed by atoms with van der Waals surface area (Å²) >= 11 is 0. The lowest BCUT2D eigenvalue weighted by molar-refractivity contribution is 0.0699. The number of para-hydroxylation sites is 1. The molecule has 4 heterocycles. The van der Waals surface area contributed by atoms with Crippen LogP contribution in [0, 0.1) is 0 Å². The summed E-state index contributed by atoms with van der Waals surface area (Å²) in [6.45, 7) is 2.14. The van der Waals surface area contributed by atoms with Crippen molar-refractivity contribution in [3.05, 3.63) is 78.3 Å². The lowest BCUT2D eigenvalue weighted by atomic mass is 9.96. The van der Waals surface area contributed by atoms with Gasteiger partial charge in [-0.15, -0.1) is 0 Å². The van der Waals surface area contributed by atoms with Gasteiger partial charge in [-0.2, -0.15) is 5.10 Å². The van der Waals surface area contributed by atoms with E-state index < -0.39 is 0 Å². The molecular formula is C22H22N6O. The van der Waals surface area contributed by atoms with Gasteiger partial charge in [0.15, 0.2) is 5.69 Å². The van der Waals surface area contributed by atoms with Crippen LogP contribution in [-0.2, 0) is 6.54 Å². The summed E-state index contributed by atoms with van der Waals surface area (Å²) in [5.41, 5.74) is 2.52. The molecule has 29 heavy (non-hydrogen) atoms. The van der Waals surface area contributed by atoms with Gasteiger partial charge < -0.3 is 9.47 Å². The largest absolute Gasteiger partial charge is 0.337 e. The minimum Gasteiger partial charge on any atom is -0.337 e. The van der Waals surface area contributed by atoms with Crippen LogP contribution in [0.25, 0.3) is 10.9 Å². The molecule has 0 bridgehead atoms. The normalized spacial score (nSPS) is 17.0. The van der Waals surface area contributed by atoms with Crippen molar-refractivity contribution >= 4 is 16.8 Å². The van der Waals surface area contributed by atoms with E-state index in [0.29, 0.717) is 12.2 Å². The first-order valence-corrected chi connectivity index (χ1v) is 9.92. The number of pyridine rings is 1. The number of carbonyl (C=O) groups excluding carboxylic acids is 1. The van der Waals surface area contributed by atoms with Gasteiger partial charge in [0.25, 0.3) is 5.91 Å². The Labute approximate surface area is 168 Å². The van der Waals surface area contributed by atoms with Crippen molar-refractivity contribution in [2.45, 2.75) is 25.3 Å². The number of nitrogens with zero attached hydrogens (tertiary/aromatic N) is 5. The molecule has 5 rings (SSSR count). The van der Waals surface area contributed by atoms with Gasteiger partial charge >= 0.3 is 0 Å². The maximum atomic E-state index is 13.2. The lowest BCUT2D eigenvalue weighted by Crippen LogP contribution is -2.40. The number of fused-ring (bicyclic) bond motifs is 1. The molecule has 146 valence electrons. The quantitative estimate of drug-likeness (QED) is 0.584. The first kappa shape index (κ1) is 17.6. The Morgan fingerprint density at radius 2 is 2.10 bits per heavy atom. The molecule has 3 aromatic heterocycles. The van der Waals surface area contributed by atoms with Crippen molar-refractivity contribution in [3.8, 4) is 0 Å². The van der Waals surface area contributed by atoms with Crippen LogP contribution < -0.4 is 0 Å². The third-order valence-corrected chi connectivity index (χ3v) is 5.57. The highest BCUT2D eigenvalue weighted by molar-refractivity contribution is 6.04. The fourth-order valence-electron chi connectivity index (χ4n) is 4.15. The number of carbonyl (C=O) groups is 1. The van der Waals surface area contributed by atoms with Crippen molar-refractivity contribution in [3.63, 3.8) is 0 Å². The van der Waals surface area contributed by atoms with Crippen LogP contribution in [0.4, 0.5) is 0 Å². The maximum Gasteiger partial charge on any atom is 0.275 e. The van der Waals surface area contributed by atoms with E-state index in [2.05, 4.69) is 30.8 Å². The topological polar surface area (TPSA) is 79.7 Å². The number of aromatic nitrogens is 5. The van der Waals surface area contributed by atoms with Crippen LogP contribution in [-0.4, -0.2) is 48.6 Å². The number of likely N-dealkylation sites (tertiary alicyclic amines) is 1. The predicted octanol–water partition coefficient (Wildman–Crippen LogP) is 3.22. The molecule has 7 nitrogen and oxygen atoms in total. The lowest BCUT2D eigenvalue weighted by Gasteiger charge is -2.32. The summed E-state index contributed by atoms with van der Waals surface area (Å²) in [5.74, 6) is 1.22. The van der Waals surface area contributed by atoms with Crippen molar-refractivity contribution in [2.75, 3.05) is 13.1 Å². The van der Waals surface area contributed by atoms with Crippen molar-refractivity contribution in [1.29, 1.82) is 0 Å². The molecule has 1 atom stereocenters. The monoisotopic (exact) mass is 386 g/mol. The number of benzene rings is 1. The molecule has 1 N–H and O–H groups in total. The molecule has 1 fully saturated rings. The fraction of sp³-hybridized carbons (Fsp3) is 0.273. The summed E-state index contributed by atoms with van der Waals surface area (Å²) in [5, 5.41) is 8.12. The number of imidazole rings is 1. The van der Waals surface area contributed by atoms with Crippen LogP contribution in [0.1, 0.15) is 40.6 Å². The molecule has 4 aromatic rings. The number of nitrogens with one attached hydrogen (secondary N) is 1. The van der Waals surface area contributed by atoms with E-state index in [9.17, 15) is 4.79 Å². The number of hydrogen-bond acceptors (Lipinski definition) is 4. The summed E-state index contributed by atoms with van der Waals surface area (Å²) in [6.07, 6.45) is 9.48. The first-order valence-electron chi connectivity index (χ1n) is 9.92. The highest BCUT2D eigenvalue weighted by Gasteiger charge is 2.29. The van der Waals surface area contributed by atoms with E-state index in [4.69, 9.17) is 0 Å². The number of rotatable bonds is 4.